The number of halogens is 3. The Labute approximate surface area is 102 Å². The first-order chi connectivity index (χ1) is 7.08. The topological polar surface area (TPSA) is 34.9 Å². The first-order valence-electron chi connectivity index (χ1n) is 4.29. The summed E-state index contributed by atoms with van der Waals surface area (Å²) in [5.41, 5.74) is 0.991. The molecule has 1 heterocycles. The Hall–Kier alpha value is -0.510. The molecule has 3 nitrogen and oxygen atoms in total. The maximum atomic E-state index is 11.6. The Kier molecular flexibility index (Phi) is 4.64. The molecule has 0 aromatic carbocycles. The van der Waals surface area contributed by atoms with Crippen molar-refractivity contribution >= 4 is 34.8 Å². The molecule has 0 unspecified atom stereocenters. The van der Waals surface area contributed by atoms with Crippen molar-refractivity contribution in [3.05, 3.63) is 38.0 Å². The highest BCUT2D eigenvalue weighted by Gasteiger charge is 2.07. The number of aromatic nitrogens is 2. The van der Waals surface area contributed by atoms with Crippen molar-refractivity contribution in [2.45, 2.75) is 19.9 Å². The Balaban J connectivity index is 3.21. The molecule has 0 aliphatic carbocycles. The van der Waals surface area contributed by atoms with E-state index in [0.717, 1.165) is 0 Å². The number of hydrogen-bond acceptors (Lipinski definition) is 2. The van der Waals surface area contributed by atoms with Crippen molar-refractivity contribution in [2.24, 2.45) is 0 Å². The van der Waals surface area contributed by atoms with E-state index in [1.165, 1.54) is 16.2 Å². The van der Waals surface area contributed by atoms with E-state index in [4.69, 9.17) is 34.8 Å². The van der Waals surface area contributed by atoms with Gasteiger partial charge in [-0.1, -0.05) is 41.7 Å². The van der Waals surface area contributed by atoms with Gasteiger partial charge in [0.25, 0.3) is 5.56 Å². The maximum absolute atomic E-state index is 11.6. The highest BCUT2D eigenvalue weighted by molar-refractivity contribution is 6.36. The van der Waals surface area contributed by atoms with Crippen molar-refractivity contribution in [2.75, 3.05) is 0 Å². The summed E-state index contributed by atoms with van der Waals surface area (Å²) in [6.07, 6.45) is 0.599. The third-order valence-corrected chi connectivity index (χ3v) is 2.60. The fourth-order valence-corrected chi connectivity index (χ4v) is 1.53. The van der Waals surface area contributed by atoms with Crippen LogP contribution in [-0.4, -0.2) is 9.55 Å². The summed E-state index contributed by atoms with van der Waals surface area (Å²) < 4.78 is 1.44. The highest BCUT2D eigenvalue weighted by Crippen LogP contribution is 2.09. The average molecular weight is 268 g/mol. The van der Waals surface area contributed by atoms with Crippen LogP contribution < -0.4 is 5.56 Å². The number of allylic oxidation sites excluding steroid dienone is 1. The molecule has 15 heavy (non-hydrogen) atoms. The fourth-order valence-electron chi connectivity index (χ4n) is 1.15. The van der Waals surface area contributed by atoms with E-state index in [9.17, 15) is 4.79 Å². The molecule has 0 atom stereocenters. The summed E-state index contributed by atoms with van der Waals surface area (Å²) in [5.74, 6) is 0.587. The molecule has 1 aromatic heterocycles. The molecule has 0 N–H and O–H groups in total. The van der Waals surface area contributed by atoms with Crippen LogP contribution in [0.1, 0.15) is 12.7 Å². The minimum absolute atomic E-state index is 0.194. The molecular weight excluding hydrogens is 258 g/mol. The second kappa shape index (κ2) is 5.54. The SMILES string of the molecule is CCc1nc(Cl)cc(=O)n1CC(Cl)=CCl. The van der Waals surface area contributed by atoms with E-state index in [2.05, 4.69) is 4.98 Å². The Morgan fingerprint density at radius 3 is 2.87 bits per heavy atom. The van der Waals surface area contributed by atoms with Gasteiger partial charge in [-0.2, -0.15) is 0 Å². The second-order valence-corrected chi connectivity index (χ2v) is 3.92. The molecule has 82 valence electrons. The monoisotopic (exact) mass is 266 g/mol. The van der Waals surface area contributed by atoms with E-state index in [1.54, 1.807) is 0 Å². The Morgan fingerprint density at radius 2 is 2.33 bits per heavy atom. The summed E-state index contributed by atoms with van der Waals surface area (Å²) in [6, 6.07) is 1.25. The van der Waals surface area contributed by atoms with Crippen LogP contribution in [0.5, 0.6) is 0 Å². The van der Waals surface area contributed by atoms with Crippen LogP contribution in [0.15, 0.2) is 21.4 Å². The van der Waals surface area contributed by atoms with Crippen LogP contribution in [0.2, 0.25) is 5.15 Å². The van der Waals surface area contributed by atoms with Gasteiger partial charge < -0.3 is 0 Å². The predicted molar refractivity (Wildman–Crippen MR) is 62.7 cm³/mol. The smallest absolute Gasteiger partial charge is 0.255 e. The normalized spacial score (nSPS) is 11.9. The molecule has 1 aromatic rings. The van der Waals surface area contributed by atoms with Crippen LogP contribution in [0.3, 0.4) is 0 Å². The summed E-state index contributed by atoms with van der Waals surface area (Å²) in [5, 5.41) is 0.566. The highest BCUT2D eigenvalue weighted by atomic mass is 35.5. The molecule has 0 spiro atoms. The average Bonchev–Trinajstić information content (AvgIpc) is 2.21. The zero-order valence-electron chi connectivity index (χ0n) is 8.01. The fraction of sp³-hybridized carbons (Fsp3) is 0.333. The predicted octanol–water partition coefficient (Wildman–Crippen LogP) is 2.78. The number of nitrogens with zero attached hydrogens (tertiary/aromatic N) is 2. The number of hydrogen-bond donors (Lipinski definition) is 0. The molecular formula is C9H9Cl3N2O. The van der Waals surface area contributed by atoms with Gasteiger partial charge in [0.05, 0.1) is 6.54 Å². The summed E-state index contributed by atoms with van der Waals surface area (Å²) in [4.78, 5) is 15.6. The molecule has 0 saturated heterocycles. The minimum Gasteiger partial charge on any atom is -0.291 e. The van der Waals surface area contributed by atoms with Gasteiger partial charge in [0, 0.05) is 23.1 Å². The molecule has 0 amide bonds. The van der Waals surface area contributed by atoms with E-state index >= 15 is 0 Å². The van der Waals surface area contributed by atoms with Gasteiger partial charge in [-0.25, -0.2) is 4.98 Å². The molecule has 0 fully saturated rings. The quantitative estimate of drug-likeness (QED) is 0.789. The third-order valence-electron chi connectivity index (χ3n) is 1.80. The van der Waals surface area contributed by atoms with Crippen molar-refractivity contribution in [1.82, 2.24) is 9.55 Å². The number of aryl methyl sites for hydroxylation is 1. The standard InChI is InChI=1S/C9H9Cl3N2O/c1-2-8-13-7(12)3-9(15)14(8)5-6(11)4-10/h3-4H,2,5H2,1H3. The van der Waals surface area contributed by atoms with Crippen molar-refractivity contribution in [3.63, 3.8) is 0 Å². The summed E-state index contributed by atoms with van der Waals surface area (Å²) in [6.45, 7) is 2.10. The van der Waals surface area contributed by atoms with Crippen LogP contribution in [0.25, 0.3) is 0 Å². The first-order valence-corrected chi connectivity index (χ1v) is 5.48. The van der Waals surface area contributed by atoms with Crippen molar-refractivity contribution in [3.8, 4) is 0 Å². The molecule has 6 heteroatoms. The van der Waals surface area contributed by atoms with Gasteiger partial charge in [0.2, 0.25) is 0 Å². The lowest BCUT2D eigenvalue weighted by Crippen LogP contribution is -2.24. The van der Waals surface area contributed by atoms with Crippen LogP contribution in [-0.2, 0) is 13.0 Å². The molecule has 0 saturated carbocycles. The summed E-state index contributed by atoms with van der Waals surface area (Å²) in [7, 11) is 0. The molecule has 0 aliphatic heterocycles. The van der Waals surface area contributed by atoms with E-state index in [-0.39, 0.29) is 17.3 Å². The van der Waals surface area contributed by atoms with Gasteiger partial charge in [0.15, 0.2) is 0 Å². The van der Waals surface area contributed by atoms with E-state index in [1.807, 2.05) is 6.92 Å². The lowest BCUT2D eigenvalue weighted by atomic mass is 10.4. The Morgan fingerprint density at radius 1 is 1.67 bits per heavy atom. The Bertz CT molecular complexity index is 439. The lowest BCUT2D eigenvalue weighted by molar-refractivity contribution is 0.681. The molecule has 0 radical (unpaired) electrons. The lowest BCUT2D eigenvalue weighted by Gasteiger charge is -2.09. The van der Waals surface area contributed by atoms with Gasteiger partial charge >= 0.3 is 0 Å². The van der Waals surface area contributed by atoms with Crippen LogP contribution in [0.4, 0.5) is 0 Å². The number of rotatable bonds is 3. The zero-order chi connectivity index (χ0) is 11.4. The molecule has 1 rings (SSSR count). The molecule has 0 aliphatic rings. The summed E-state index contributed by atoms with van der Waals surface area (Å²) >= 11 is 16.8. The minimum atomic E-state index is -0.233. The second-order valence-electron chi connectivity index (χ2n) is 2.83. The van der Waals surface area contributed by atoms with Crippen LogP contribution in [0, 0.1) is 0 Å². The van der Waals surface area contributed by atoms with Gasteiger partial charge in [-0.15, -0.1) is 0 Å². The maximum Gasteiger partial charge on any atom is 0.255 e. The van der Waals surface area contributed by atoms with E-state index < -0.39 is 0 Å². The third kappa shape index (κ3) is 3.23. The zero-order valence-corrected chi connectivity index (χ0v) is 10.3. The first kappa shape index (κ1) is 12.6. The van der Waals surface area contributed by atoms with Crippen molar-refractivity contribution < 1.29 is 0 Å². The van der Waals surface area contributed by atoms with Gasteiger partial charge in [-0.05, 0) is 0 Å². The van der Waals surface area contributed by atoms with E-state index in [0.29, 0.717) is 17.3 Å². The van der Waals surface area contributed by atoms with Gasteiger partial charge in [0.1, 0.15) is 11.0 Å². The largest absolute Gasteiger partial charge is 0.291 e. The van der Waals surface area contributed by atoms with Gasteiger partial charge in [-0.3, -0.25) is 9.36 Å². The van der Waals surface area contributed by atoms with Crippen molar-refractivity contribution in [1.29, 1.82) is 0 Å². The molecule has 0 bridgehead atoms. The van der Waals surface area contributed by atoms with Crippen LogP contribution >= 0.6 is 34.8 Å².